The molecule has 2 heterocycles. The predicted octanol–water partition coefficient (Wildman–Crippen LogP) is 2.24. The summed E-state index contributed by atoms with van der Waals surface area (Å²) in [7, 11) is -1.94. The second kappa shape index (κ2) is 6.94. The van der Waals surface area contributed by atoms with Gasteiger partial charge in [-0.3, -0.25) is 0 Å². The van der Waals surface area contributed by atoms with Crippen LogP contribution in [-0.4, -0.2) is 52.8 Å². The van der Waals surface area contributed by atoms with E-state index in [-0.39, 0.29) is 6.79 Å². The second-order valence-corrected chi connectivity index (χ2v) is 8.50. The highest BCUT2D eigenvalue weighted by molar-refractivity contribution is 7.89. The molecule has 1 fully saturated rings. The lowest BCUT2D eigenvalue weighted by Crippen LogP contribution is -2.48. The van der Waals surface area contributed by atoms with Crippen molar-refractivity contribution in [1.29, 1.82) is 0 Å². The van der Waals surface area contributed by atoms with Gasteiger partial charge in [-0.05, 0) is 42.8 Å². The Labute approximate surface area is 159 Å². The molecule has 144 valence electrons. The zero-order valence-corrected chi connectivity index (χ0v) is 16.2. The van der Waals surface area contributed by atoms with Crippen LogP contribution in [0.5, 0.6) is 17.2 Å². The second-order valence-electron chi connectivity index (χ2n) is 6.56. The van der Waals surface area contributed by atoms with Crippen LogP contribution in [0.25, 0.3) is 0 Å². The summed E-state index contributed by atoms with van der Waals surface area (Å²) in [6.07, 6.45) is 0. The van der Waals surface area contributed by atoms with Crippen LogP contribution >= 0.6 is 0 Å². The first kappa shape index (κ1) is 17.9. The summed E-state index contributed by atoms with van der Waals surface area (Å²) in [6.45, 7) is 4.19. The minimum Gasteiger partial charge on any atom is -0.496 e. The summed E-state index contributed by atoms with van der Waals surface area (Å²) in [5.41, 5.74) is 1.81. The third-order valence-electron chi connectivity index (χ3n) is 4.96. The van der Waals surface area contributed by atoms with Gasteiger partial charge in [0.05, 0.1) is 12.0 Å². The average Bonchev–Trinajstić information content (AvgIpc) is 3.16. The van der Waals surface area contributed by atoms with Gasteiger partial charge < -0.3 is 19.1 Å². The summed E-state index contributed by atoms with van der Waals surface area (Å²) in [5.74, 6) is 2.16. The molecule has 0 saturated carbocycles. The van der Waals surface area contributed by atoms with E-state index in [1.54, 1.807) is 25.3 Å². The van der Waals surface area contributed by atoms with Crippen LogP contribution in [0.3, 0.4) is 0 Å². The minimum atomic E-state index is -3.52. The number of benzene rings is 2. The molecule has 2 aromatic rings. The summed E-state index contributed by atoms with van der Waals surface area (Å²) < 4.78 is 43.5. The van der Waals surface area contributed by atoms with E-state index < -0.39 is 10.0 Å². The van der Waals surface area contributed by atoms with Gasteiger partial charge in [0.2, 0.25) is 16.8 Å². The van der Waals surface area contributed by atoms with Crippen molar-refractivity contribution in [3.8, 4) is 17.2 Å². The molecule has 0 spiro atoms. The predicted molar refractivity (Wildman–Crippen MR) is 101 cm³/mol. The Morgan fingerprint density at radius 2 is 1.70 bits per heavy atom. The SMILES string of the molecule is COc1ccc(S(=O)(=O)N2CCN(c3ccc4c(c3)OCO4)CC2)cc1C. The van der Waals surface area contributed by atoms with Crippen LogP contribution in [0.1, 0.15) is 5.56 Å². The lowest BCUT2D eigenvalue weighted by atomic mass is 10.2. The van der Waals surface area contributed by atoms with Gasteiger partial charge in [-0.2, -0.15) is 4.31 Å². The number of hydrogen-bond donors (Lipinski definition) is 0. The first-order valence-corrected chi connectivity index (χ1v) is 10.2. The number of ether oxygens (including phenoxy) is 3. The van der Waals surface area contributed by atoms with Crippen molar-refractivity contribution in [2.24, 2.45) is 0 Å². The zero-order valence-electron chi connectivity index (χ0n) is 15.3. The Bertz CT molecular complexity index is 953. The zero-order chi connectivity index (χ0) is 19.0. The molecule has 0 amide bonds. The number of anilines is 1. The summed E-state index contributed by atoms with van der Waals surface area (Å²) >= 11 is 0. The van der Waals surface area contributed by atoms with Crippen molar-refractivity contribution in [2.75, 3.05) is 45.0 Å². The van der Waals surface area contributed by atoms with Crippen molar-refractivity contribution >= 4 is 15.7 Å². The lowest BCUT2D eigenvalue weighted by molar-refractivity contribution is 0.174. The first-order valence-electron chi connectivity index (χ1n) is 8.78. The average molecular weight is 390 g/mol. The van der Waals surface area contributed by atoms with Crippen molar-refractivity contribution in [3.05, 3.63) is 42.0 Å². The number of aryl methyl sites for hydroxylation is 1. The molecular formula is C19H22N2O5S. The lowest BCUT2D eigenvalue weighted by Gasteiger charge is -2.35. The van der Waals surface area contributed by atoms with Crippen molar-refractivity contribution in [1.82, 2.24) is 4.31 Å². The maximum absolute atomic E-state index is 13.0. The molecule has 0 atom stereocenters. The smallest absolute Gasteiger partial charge is 0.243 e. The molecule has 0 radical (unpaired) electrons. The Balaban J connectivity index is 1.47. The van der Waals surface area contributed by atoms with Gasteiger partial charge in [0.25, 0.3) is 0 Å². The van der Waals surface area contributed by atoms with Crippen LogP contribution < -0.4 is 19.1 Å². The van der Waals surface area contributed by atoms with Gasteiger partial charge >= 0.3 is 0 Å². The Hall–Kier alpha value is -2.45. The third-order valence-corrected chi connectivity index (χ3v) is 6.86. The molecule has 8 heteroatoms. The number of methoxy groups -OCH3 is 1. The number of hydrogen-bond acceptors (Lipinski definition) is 6. The van der Waals surface area contributed by atoms with Gasteiger partial charge in [-0.15, -0.1) is 0 Å². The van der Waals surface area contributed by atoms with Crippen molar-refractivity contribution in [3.63, 3.8) is 0 Å². The van der Waals surface area contributed by atoms with E-state index in [4.69, 9.17) is 14.2 Å². The van der Waals surface area contributed by atoms with E-state index in [0.29, 0.717) is 36.8 Å². The largest absolute Gasteiger partial charge is 0.496 e. The van der Waals surface area contributed by atoms with Crippen molar-refractivity contribution < 1.29 is 22.6 Å². The number of sulfonamides is 1. The number of nitrogens with zero attached hydrogens (tertiary/aromatic N) is 2. The highest BCUT2D eigenvalue weighted by atomic mass is 32.2. The molecule has 0 N–H and O–H groups in total. The Kier molecular flexibility index (Phi) is 4.61. The first-order chi connectivity index (χ1) is 13.0. The summed E-state index contributed by atoms with van der Waals surface area (Å²) in [4.78, 5) is 2.46. The van der Waals surface area contributed by atoms with Crippen LogP contribution in [0.4, 0.5) is 5.69 Å². The highest BCUT2D eigenvalue weighted by Gasteiger charge is 2.29. The molecule has 0 unspecified atom stereocenters. The molecule has 27 heavy (non-hydrogen) atoms. The van der Waals surface area contributed by atoms with Gasteiger partial charge in [0.15, 0.2) is 11.5 Å². The molecule has 2 aliphatic heterocycles. The van der Waals surface area contributed by atoms with E-state index >= 15 is 0 Å². The third kappa shape index (κ3) is 3.30. The molecular weight excluding hydrogens is 368 g/mol. The van der Waals surface area contributed by atoms with Crippen LogP contribution in [0, 0.1) is 6.92 Å². The fourth-order valence-electron chi connectivity index (χ4n) is 3.43. The molecule has 0 aliphatic carbocycles. The Morgan fingerprint density at radius 1 is 0.963 bits per heavy atom. The van der Waals surface area contributed by atoms with Crippen molar-refractivity contribution in [2.45, 2.75) is 11.8 Å². The number of piperazine rings is 1. The summed E-state index contributed by atoms with van der Waals surface area (Å²) in [6, 6.07) is 10.8. The van der Waals surface area contributed by atoms with Gasteiger partial charge in [-0.1, -0.05) is 0 Å². The minimum absolute atomic E-state index is 0.242. The molecule has 2 aliphatic rings. The van der Waals surface area contributed by atoms with Gasteiger partial charge in [0, 0.05) is 37.9 Å². The maximum Gasteiger partial charge on any atom is 0.243 e. The van der Waals surface area contributed by atoms with E-state index in [0.717, 1.165) is 22.7 Å². The fourth-order valence-corrected chi connectivity index (χ4v) is 4.94. The van der Waals surface area contributed by atoms with Crippen LogP contribution in [0.2, 0.25) is 0 Å². The van der Waals surface area contributed by atoms with Crippen LogP contribution in [-0.2, 0) is 10.0 Å². The van der Waals surface area contributed by atoms with Gasteiger partial charge in [0.1, 0.15) is 5.75 Å². The van der Waals surface area contributed by atoms with E-state index in [9.17, 15) is 8.42 Å². The molecule has 4 rings (SSSR count). The normalized spacial score (nSPS) is 17.2. The quantitative estimate of drug-likeness (QED) is 0.798. The highest BCUT2D eigenvalue weighted by Crippen LogP contribution is 2.36. The summed E-state index contributed by atoms with van der Waals surface area (Å²) in [5, 5.41) is 0. The van der Waals surface area contributed by atoms with E-state index in [2.05, 4.69) is 4.90 Å². The fraction of sp³-hybridized carbons (Fsp3) is 0.368. The topological polar surface area (TPSA) is 68.3 Å². The van der Waals surface area contributed by atoms with E-state index in [1.165, 1.54) is 4.31 Å². The molecule has 1 saturated heterocycles. The number of fused-ring (bicyclic) bond motifs is 1. The monoisotopic (exact) mass is 390 g/mol. The molecule has 2 aromatic carbocycles. The maximum atomic E-state index is 13.0. The van der Waals surface area contributed by atoms with Gasteiger partial charge in [-0.25, -0.2) is 8.42 Å². The molecule has 7 nitrogen and oxygen atoms in total. The van der Waals surface area contributed by atoms with E-state index in [1.807, 2.05) is 25.1 Å². The number of rotatable bonds is 4. The standard InChI is InChI=1S/C19H22N2O5S/c1-14-11-16(4-6-17(14)24-2)27(22,23)21-9-7-20(8-10-21)15-3-5-18-19(12-15)26-13-25-18/h3-6,11-12H,7-10,13H2,1-2H3. The molecule has 0 aromatic heterocycles. The Morgan fingerprint density at radius 3 is 2.41 bits per heavy atom. The van der Waals surface area contributed by atoms with Crippen LogP contribution in [0.15, 0.2) is 41.3 Å². The molecule has 0 bridgehead atoms.